The molecule has 1 aliphatic heterocycles. The lowest BCUT2D eigenvalue weighted by atomic mass is 10.0. The summed E-state index contributed by atoms with van der Waals surface area (Å²) in [7, 11) is 0. The van der Waals surface area contributed by atoms with Crippen LogP contribution in [0.25, 0.3) is 22.3 Å². The zero-order valence-corrected chi connectivity index (χ0v) is 15.0. The maximum atomic E-state index is 5.03. The molecular weight excluding hydrogens is 334 g/mol. The van der Waals surface area contributed by atoms with Crippen molar-refractivity contribution in [1.82, 2.24) is 19.9 Å². The van der Waals surface area contributed by atoms with E-state index in [0.29, 0.717) is 0 Å². The van der Waals surface area contributed by atoms with E-state index in [1.807, 2.05) is 36.7 Å². The average Bonchev–Trinajstić information content (AvgIpc) is 3.28. The Morgan fingerprint density at radius 2 is 1.78 bits per heavy atom. The minimum Gasteiger partial charge on any atom is -0.347 e. The highest BCUT2D eigenvalue weighted by atomic mass is 15.2. The number of anilines is 1. The van der Waals surface area contributed by atoms with Crippen LogP contribution in [0.3, 0.4) is 0 Å². The lowest BCUT2D eigenvalue weighted by molar-refractivity contribution is 0.456. The number of nitrogens with zero attached hydrogens (tertiary/aromatic N) is 4. The maximum absolute atomic E-state index is 5.03. The van der Waals surface area contributed by atoms with Crippen LogP contribution in [-0.2, 0) is 0 Å². The summed E-state index contributed by atoms with van der Waals surface area (Å²) in [6, 6.07) is 18.7. The van der Waals surface area contributed by atoms with Gasteiger partial charge < -0.3 is 9.88 Å². The van der Waals surface area contributed by atoms with Crippen LogP contribution < -0.4 is 4.90 Å². The average molecular weight is 355 g/mol. The summed E-state index contributed by atoms with van der Waals surface area (Å²) in [6.45, 7) is 0.973. The normalized spacial score (nSPS) is 17.3. The number of nitrogens with one attached hydrogen (secondary N) is 1. The van der Waals surface area contributed by atoms with Gasteiger partial charge in [0.25, 0.3) is 0 Å². The molecule has 3 heterocycles. The molecular formula is C22H21N5. The van der Waals surface area contributed by atoms with Gasteiger partial charge in [-0.2, -0.15) is 0 Å². The number of hydrogen-bond acceptors (Lipinski definition) is 4. The maximum Gasteiger partial charge on any atom is 0.162 e. The van der Waals surface area contributed by atoms with E-state index in [9.17, 15) is 0 Å². The van der Waals surface area contributed by atoms with Crippen molar-refractivity contribution in [3.8, 4) is 11.4 Å². The highest BCUT2D eigenvalue weighted by molar-refractivity contribution is 5.91. The van der Waals surface area contributed by atoms with Crippen LogP contribution in [0.4, 0.5) is 5.82 Å². The van der Waals surface area contributed by atoms with Crippen LogP contribution in [0.1, 0.15) is 31.1 Å². The molecule has 1 saturated heterocycles. The summed E-state index contributed by atoms with van der Waals surface area (Å²) in [5, 5.41) is 1.09. The molecule has 1 fully saturated rings. The van der Waals surface area contributed by atoms with E-state index in [1.165, 1.54) is 6.42 Å². The number of fused-ring (bicyclic) bond motifs is 1. The number of piperidine rings is 1. The van der Waals surface area contributed by atoms with Gasteiger partial charge in [0.1, 0.15) is 11.6 Å². The van der Waals surface area contributed by atoms with Gasteiger partial charge in [-0.15, -0.1) is 0 Å². The van der Waals surface area contributed by atoms with Gasteiger partial charge in [0.05, 0.1) is 11.6 Å². The smallest absolute Gasteiger partial charge is 0.162 e. The van der Waals surface area contributed by atoms with Gasteiger partial charge >= 0.3 is 0 Å². The molecule has 1 aliphatic rings. The molecule has 0 aliphatic carbocycles. The van der Waals surface area contributed by atoms with Crippen molar-refractivity contribution in [1.29, 1.82) is 0 Å². The van der Waals surface area contributed by atoms with Crippen molar-refractivity contribution >= 4 is 16.7 Å². The highest BCUT2D eigenvalue weighted by Gasteiger charge is 2.28. The van der Waals surface area contributed by atoms with Gasteiger partial charge in [0.2, 0.25) is 0 Å². The predicted molar refractivity (Wildman–Crippen MR) is 107 cm³/mol. The second-order valence-corrected chi connectivity index (χ2v) is 6.93. The van der Waals surface area contributed by atoms with Crippen LogP contribution in [-0.4, -0.2) is 26.5 Å². The summed E-state index contributed by atoms with van der Waals surface area (Å²) in [6.07, 6.45) is 7.17. The Kier molecular flexibility index (Phi) is 4.05. The number of H-pyrrole nitrogens is 1. The third-order valence-electron chi connectivity index (χ3n) is 5.22. The van der Waals surface area contributed by atoms with Crippen molar-refractivity contribution in [3.63, 3.8) is 0 Å². The number of benzene rings is 2. The number of hydrogen-bond donors (Lipinski definition) is 1. The SMILES string of the molecule is c1ccc(-c2nc(N3CCCC[C@@H]3c3ncc[nH]3)c3ccccc3n2)cc1. The third-order valence-corrected chi connectivity index (χ3v) is 5.22. The molecule has 2 aromatic carbocycles. The van der Waals surface area contributed by atoms with Gasteiger partial charge in [-0.25, -0.2) is 15.0 Å². The van der Waals surface area contributed by atoms with Gasteiger partial charge in [-0.1, -0.05) is 42.5 Å². The molecule has 0 spiro atoms. The first-order valence-corrected chi connectivity index (χ1v) is 9.48. The predicted octanol–water partition coefficient (Wildman–Crippen LogP) is 4.75. The zero-order chi connectivity index (χ0) is 18.1. The molecule has 0 bridgehead atoms. The van der Waals surface area contributed by atoms with Crippen LogP contribution in [0.15, 0.2) is 67.0 Å². The fraction of sp³-hybridized carbons (Fsp3) is 0.227. The topological polar surface area (TPSA) is 57.7 Å². The Morgan fingerprint density at radius 1 is 0.926 bits per heavy atom. The van der Waals surface area contributed by atoms with Gasteiger partial charge in [0, 0.05) is 29.9 Å². The summed E-state index contributed by atoms with van der Waals surface area (Å²) < 4.78 is 0. The van der Waals surface area contributed by atoms with Crippen LogP contribution in [0.5, 0.6) is 0 Å². The first-order chi connectivity index (χ1) is 13.4. The molecule has 5 rings (SSSR count). The Bertz CT molecular complexity index is 1040. The van der Waals surface area contributed by atoms with Crippen molar-refractivity contribution in [3.05, 3.63) is 72.8 Å². The molecule has 5 heteroatoms. The molecule has 0 unspecified atom stereocenters. The number of rotatable bonds is 3. The van der Waals surface area contributed by atoms with Crippen LogP contribution in [0.2, 0.25) is 0 Å². The first kappa shape index (κ1) is 16.0. The van der Waals surface area contributed by atoms with E-state index in [1.54, 1.807) is 0 Å². The second-order valence-electron chi connectivity index (χ2n) is 6.93. The minimum absolute atomic E-state index is 0.218. The monoisotopic (exact) mass is 355 g/mol. The molecule has 0 saturated carbocycles. The van der Waals surface area contributed by atoms with Crippen molar-refractivity contribution in [2.45, 2.75) is 25.3 Å². The van der Waals surface area contributed by atoms with Gasteiger partial charge in [-0.05, 0) is 31.4 Å². The zero-order valence-electron chi connectivity index (χ0n) is 15.0. The molecule has 5 nitrogen and oxygen atoms in total. The van der Waals surface area contributed by atoms with E-state index in [0.717, 1.165) is 53.3 Å². The van der Waals surface area contributed by atoms with E-state index in [-0.39, 0.29) is 6.04 Å². The van der Waals surface area contributed by atoms with Crippen LogP contribution in [0, 0.1) is 0 Å². The number of aromatic amines is 1. The standard InChI is InChI=1S/C22H21N5/c1-2-8-16(9-3-1)20-25-18-11-5-4-10-17(18)22(26-20)27-15-7-6-12-19(27)21-23-13-14-24-21/h1-5,8-11,13-14,19H,6-7,12,15H2,(H,23,24)/t19-/m1/s1. The molecule has 134 valence electrons. The molecule has 27 heavy (non-hydrogen) atoms. The third kappa shape index (κ3) is 2.95. The Labute approximate surface area is 158 Å². The van der Waals surface area contributed by atoms with Crippen molar-refractivity contribution < 1.29 is 0 Å². The molecule has 0 amide bonds. The van der Waals surface area contributed by atoms with E-state index < -0.39 is 0 Å². The largest absolute Gasteiger partial charge is 0.347 e. The second kappa shape index (κ2) is 6.83. The number of imidazole rings is 1. The van der Waals surface area contributed by atoms with E-state index in [4.69, 9.17) is 9.97 Å². The first-order valence-electron chi connectivity index (χ1n) is 9.48. The Hall–Kier alpha value is -3.21. The van der Waals surface area contributed by atoms with E-state index >= 15 is 0 Å². The van der Waals surface area contributed by atoms with Crippen LogP contribution >= 0.6 is 0 Å². The van der Waals surface area contributed by atoms with E-state index in [2.05, 4.69) is 45.2 Å². The highest BCUT2D eigenvalue weighted by Crippen LogP contribution is 2.36. The fourth-order valence-corrected chi connectivity index (χ4v) is 3.92. The molecule has 1 atom stereocenters. The minimum atomic E-state index is 0.218. The summed E-state index contributed by atoms with van der Waals surface area (Å²) >= 11 is 0. The molecule has 0 radical (unpaired) electrons. The van der Waals surface area contributed by atoms with Crippen molar-refractivity contribution in [2.24, 2.45) is 0 Å². The molecule has 1 N–H and O–H groups in total. The summed E-state index contributed by atoms with van der Waals surface area (Å²) in [5.74, 6) is 2.78. The lowest BCUT2D eigenvalue weighted by Crippen LogP contribution is -2.35. The quantitative estimate of drug-likeness (QED) is 0.576. The van der Waals surface area contributed by atoms with Gasteiger partial charge in [0.15, 0.2) is 5.82 Å². The number of aromatic nitrogens is 4. The summed E-state index contributed by atoms with van der Waals surface area (Å²) in [4.78, 5) is 20.1. The Balaban J connectivity index is 1.69. The number of para-hydroxylation sites is 1. The van der Waals surface area contributed by atoms with Crippen molar-refractivity contribution in [2.75, 3.05) is 11.4 Å². The summed E-state index contributed by atoms with van der Waals surface area (Å²) in [5.41, 5.74) is 2.01. The molecule has 2 aromatic heterocycles. The Morgan fingerprint density at radius 3 is 2.63 bits per heavy atom. The van der Waals surface area contributed by atoms with Gasteiger partial charge in [-0.3, -0.25) is 0 Å². The lowest BCUT2D eigenvalue weighted by Gasteiger charge is -2.36. The fourth-order valence-electron chi connectivity index (χ4n) is 3.92. The molecule has 4 aromatic rings.